The number of carbonyl (C=O) groups is 2. The molecular formula is C14H15Cl2NO4. The number of nitrogens with zero attached hydrogens (tertiary/aromatic N) is 1. The van der Waals surface area contributed by atoms with E-state index in [-0.39, 0.29) is 18.6 Å². The highest BCUT2D eigenvalue weighted by atomic mass is 35.5. The first-order valence-corrected chi connectivity index (χ1v) is 7.26. The lowest BCUT2D eigenvalue weighted by Crippen LogP contribution is -2.40. The molecule has 2 unspecified atom stereocenters. The first-order valence-electron chi connectivity index (χ1n) is 6.50. The lowest BCUT2D eigenvalue weighted by Gasteiger charge is -2.23. The van der Waals surface area contributed by atoms with Gasteiger partial charge in [-0.2, -0.15) is 0 Å². The second-order valence-corrected chi connectivity index (χ2v) is 5.74. The highest BCUT2D eigenvalue weighted by molar-refractivity contribution is 6.42. The van der Waals surface area contributed by atoms with Gasteiger partial charge < -0.3 is 14.7 Å². The van der Waals surface area contributed by atoms with Crippen LogP contribution in [0.3, 0.4) is 0 Å². The summed E-state index contributed by atoms with van der Waals surface area (Å²) in [6.45, 7) is 2.01. The monoisotopic (exact) mass is 331 g/mol. The number of halogens is 2. The summed E-state index contributed by atoms with van der Waals surface area (Å²) in [4.78, 5) is 24.7. The van der Waals surface area contributed by atoms with Gasteiger partial charge in [0.1, 0.15) is 5.75 Å². The zero-order valence-corrected chi connectivity index (χ0v) is 12.9. The predicted molar refractivity (Wildman–Crippen MR) is 78.9 cm³/mol. The SMILES string of the molecule is CC1C(C(=O)O)CCN1C(=O)COc1ccc(Cl)c(Cl)c1. The number of hydrogen-bond donors (Lipinski definition) is 1. The first kappa shape index (κ1) is 15.9. The largest absolute Gasteiger partial charge is 0.484 e. The van der Waals surface area contributed by atoms with E-state index in [0.29, 0.717) is 28.8 Å². The van der Waals surface area contributed by atoms with Crippen molar-refractivity contribution in [1.29, 1.82) is 0 Å². The molecule has 1 heterocycles. The molecule has 1 aliphatic heterocycles. The standard InChI is InChI=1S/C14H15Cl2NO4/c1-8-10(14(19)20)4-5-17(8)13(18)7-21-9-2-3-11(15)12(16)6-9/h2-3,6,8,10H,4-5,7H2,1H3,(H,19,20). The molecule has 1 N–H and O–H groups in total. The van der Waals surface area contributed by atoms with Crippen molar-refractivity contribution in [3.05, 3.63) is 28.2 Å². The van der Waals surface area contributed by atoms with E-state index in [1.165, 1.54) is 11.0 Å². The summed E-state index contributed by atoms with van der Waals surface area (Å²) < 4.78 is 5.38. The third kappa shape index (κ3) is 3.60. The molecule has 1 aliphatic rings. The second kappa shape index (κ2) is 6.54. The molecule has 1 amide bonds. The lowest BCUT2D eigenvalue weighted by atomic mass is 10.0. The Labute approximate surface area is 132 Å². The van der Waals surface area contributed by atoms with Crippen LogP contribution in [0, 0.1) is 5.92 Å². The molecule has 0 aliphatic carbocycles. The van der Waals surface area contributed by atoms with Gasteiger partial charge in [-0.15, -0.1) is 0 Å². The lowest BCUT2D eigenvalue weighted by molar-refractivity contribution is -0.143. The molecule has 2 rings (SSSR count). The summed E-state index contributed by atoms with van der Waals surface area (Å²) in [5, 5.41) is 9.81. The minimum atomic E-state index is -0.872. The van der Waals surface area contributed by atoms with Gasteiger partial charge in [0.2, 0.25) is 0 Å². The van der Waals surface area contributed by atoms with E-state index in [1.54, 1.807) is 19.1 Å². The maximum atomic E-state index is 12.1. The van der Waals surface area contributed by atoms with E-state index in [2.05, 4.69) is 0 Å². The smallest absolute Gasteiger partial charge is 0.308 e. The van der Waals surface area contributed by atoms with Crippen molar-refractivity contribution in [3.8, 4) is 5.75 Å². The molecule has 1 aromatic carbocycles. The van der Waals surface area contributed by atoms with E-state index >= 15 is 0 Å². The van der Waals surface area contributed by atoms with Crippen molar-refractivity contribution in [1.82, 2.24) is 4.90 Å². The van der Waals surface area contributed by atoms with Crippen LogP contribution in [0.4, 0.5) is 0 Å². The van der Waals surface area contributed by atoms with E-state index in [9.17, 15) is 9.59 Å². The Bertz CT molecular complexity index is 564. The minimum Gasteiger partial charge on any atom is -0.484 e. The third-order valence-electron chi connectivity index (χ3n) is 3.65. The molecule has 0 aromatic heterocycles. The highest BCUT2D eigenvalue weighted by Gasteiger charge is 2.38. The average Bonchev–Trinajstić information content (AvgIpc) is 2.82. The Morgan fingerprint density at radius 2 is 2.10 bits per heavy atom. The van der Waals surface area contributed by atoms with Gasteiger partial charge in [-0.05, 0) is 25.5 Å². The van der Waals surface area contributed by atoms with Crippen LogP contribution in [0.1, 0.15) is 13.3 Å². The molecule has 0 bridgehead atoms. The number of rotatable bonds is 4. The zero-order valence-electron chi connectivity index (χ0n) is 11.4. The summed E-state index contributed by atoms with van der Waals surface area (Å²) >= 11 is 11.7. The fourth-order valence-corrected chi connectivity index (χ4v) is 2.70. The van der Waals surface area contributed by atoms with Crippen LogP contribution in [-0.4, -0.2) is 41.1 Å². The number of likely N-dealkylation sites (tertiary alicyclic amines) is 1. The molecule has 1 aromatic rings. The van der Waals surface area contributed by atoms with E-state index in [4.69, 9.17) is 33.0 Å². The molecule has 1 saturated heterocycles. The molecule has 0 radical (unpaired) electrons. The topological polar surface area (TPSA) is 66.8 Å². The normalized spacial score (nSPS) is 21.4. The van der Waals surface area contributed by atoms with Gasteiger partial charge in [-0.3, -0.25) is 9.59 Å². The molecule has 7 heteroatoms. The quantitative estimate of drug-likeness (QED) is 0.921. The third-order valence-corrected chi connectivity index (χ3v) is 4.38. The second-order valence-electron chi connectivity index (χ2n) is 4.93. The Hall–Kier alpha value is -1.46. The van der Waals surface area contributed by atoms with Crippen molar-refractivity contribution >= 4 is 35.1 Å². The number of ether oxygens (including phenoxy) is 1. The molecule has 0 spiro atoms. The number of carboxylic acid groups (broad SMARTS) is 1. The summed E-state index contributed by atoms with van der Waals surface area (Å²) in [5.74, 6) is -1.18. The Morgan fingerprint density at radius 3 is 2.67 bits per heavy atom. The van der Waals surface area contributed by atoms with Gasteiger partial charge in [-0.1, -0.05) is 23.2 Å². The summed E-state index contributed by atoms with van der Waals surface area (Å²) in [7, 11) is 0. The Morgan fingerprint density at radius 1 is 1.38 bits per heavy atom. The molecular weight excluding hydrogens is 317 g/mol. The van der Waals surface area contributed by atoms with Gasteiger partial charge in [0.05, 0.1) is 16.0 Å². The molecule has 0 saturated carbocycles. The molecule has 1 fully saturated rings. The molecule has 21 heavy (non-hydrogen) atoms. The Balaban J connectivity index is 1.93. The van der Waals surface area contributed by atoms with Gasteiger partial charge in [0, 0.05) is 18.7 Å². The number of benzene rings is 1. The van der Waals surface area contributed by atoms with Crippen LogP contribution < -0.4 is 4.74 Å². The van der Waals surface area contributed by atoms with Crippen molar-refractivity contribution in [2.24, 2.45) is 5.92 Å². The van der Waals surface area contributed by atoms with Gasteiger partial charge in [0.25, 0.3) is 5.91 Å². The molecule has 5 nitrogen and oxygen atoms in total. The summed E-state index contributed by atoms with van der Waals surface area (Å²) in [6.07, 6.45) is 0.467. The maximum Gasteiger partial charge on any atom is 0.308 e. The van der Waals surface area contributed by atoms with Crippen LogP contribution >= 0.6 is 23.2 Å². The van der Waals surface area contributed by atoms with Crippen molar-refractivity contribution in [2.45, 2.75) is 19.4 Å². The van der Waals surface area contributed by atoms with Crippen LogP contribution in [0.15, 0.2) is 18.2 Å². The number of hydrogen-bond acceptors (Lipinski definition) is 3. The zero-order chi connectivity index (χ0) is 15.6. The van der Waals surface area contributed by atoms with Gasteiger partial charge >= 0.3 is 5.97 Å². The number of aliphatic carboxylic acids is 1. The van der Waals surface area contributed by atoms with Gasteiger partial charge in [0.15, 0.2) is 6.61 Å². The van der Waals surface area contributed by atoms with Crippen LogP contribution in [0.2, 0.25) is 10.0 Å². The fourth-order valence-electron chi connectivity index (χ4n) is 2.42. The summed E-state index contributed by atoms with van der Waals surface area (Å²) in [6, 6.07) is 4.41. The molecule has 114 valence electrons. The number of carboxylic acids is 1. The first-order chi connectivity index (χ1) is 9.90. The van der Waals surface area contributed by atoms with Crippen molar-refractivity contribution < 1.29 is 19.4 Å². The number of amides is 1. The highest BCUT2D eigenvalue weighted by Crippen LogP contribution is 2.27. The van der Waals surface area contributed by atoms with Crippen LogP contribution in [0.5, 0.6) is 5.75 Å². The van der Waals surface area contributed by atoms with Crippen LogP contribution in [0.25, 0.3) is 0 Å². The van der Waals surface area contributed by atoms with E-state index in [1.807, 2.05) is 0 Å². The van der Waals surface area contributed by atoms with Gasteiger partial charge in [-0.25, -0.2) is 0 Å². The summed E-state index contributed by atoms with van der Waals surface area (Å²) in [5.41, 5.74) is 0. The van der Waals surface area contributed by atoms with Crippen molar-refractivity contribution in [2.75, 3.05) is 13.2 Å². The minimum absolute atomic E-state index is 0.158. The van der Waals surface area contributed by atoms with Crippen LogP contribution in [-0.2, 0) is 9.59 Å². The number of carbonyl (C=O) groups excluding carboxylic acids is 1. The van der Waals surface area contributed by atoms with E-state index < -0.39 is 11.9 Å². The maximum absolute atomic E-state index is 12.1. The van der Waals surface area contributed by atoms with E-state index in [0.717, 1.165) is 0 Å². The average molecular weight is 332 g/mol. The molecule has 2 atom stereocenters. The van der Waals surface area contributed by atoms with Crippen molar-refractivity contribution in [3.63, 3.8) is 0 Å². The predicted octanol–water partition coefficient (Wildman–Crippen LogP) is 2.69. The fraction of sp³-hybridized carbons (Fsp3) is 0.429. The Kier molecular flexibility index (Phi) is 4.96.